The molecule has 3 rings (SSSR count). The molecule has 106 valence electrons. The van der Waals surface area contributed by atoms with Crippen LogP contribution in [0.4, 0.5) is 5.13 Å². The number of hydrogen-bond acceptors (Lipinski definition) is 5. The Bertz CT molecular complexity index is 458. The van der Waals surface area contributed by atoms with Crippen LogP contribution in [0.2, 0.25) is 0 Å². The highest BCUT2D eigenvalue weighted by Crippen LogP contribution is 2.38. The molecule has 1 fully saturated rings. The van der Waals surface area contributed by atoms with E-state index in [0.29, 0.717) is 6.04 Å². The molecular weight excluding hydrogens is 258 g/mol. The fraction of sp³-hybridized carbons (Fsp3) is 0.786. The lowest BCUT2D eigenvalue weighted by Crippen LogP contribution is -2.53. The number of nitrogens with one attached hydrogen (secondary N) is 1. The monoisotopic (exact) mass is 281 g/mol. The Morgan fingerprint density at radius 3 is 3.05 bits per heavy atom. The van der Waals surface area contributed by atoms with Crippen molar-refractivity contribution < 1.29 is 4.74 Å². The molecular formula is C14H23N3OS. The maximum Gasteiger partial charge on any atom is 0.186 e. The number of rotatable bonds is 2. The Morgan fingerprint density at radius 1 is 1.47 bits per heavy atom. The van der Waals surface area contributed by atoms with Crippen LogP contribution in [-0.2, 0) is 11.2 Å². The molecule has 1 unspecified atom stereocenters. The van der Waals surface area contributed by atoms with E-state index in [1.165, 1.54) is 35.0 Å². The van der Waals surface area contributed by atoms with Crippen molar-refractivity contribution in [2.24, 2.45) is 0 Å². The first-order chi connectivity index (χ1) is 9.12. The van der Waals surface area contributed by atoms with E-state index in [1.54, 1.807) is 0 Å². The van der Waals surface area contributed by atoms with Crippen LogP contribution >= 0.6 is 11.3 Å². The van der Waals surface area contributed by atoms with E-state index in [-0.39, 0.29) is 5.54 Å². The lowest BCUT2D eigenvalue weighted by Gasteiger charge is -2.42. The van der Waals surface area contributed by atoms with Crippen molar-refractivity contribution in [2.45, 2.75) is 44.7 Å². The molecule has 1 saturated heterocycles. The summed E-state index contributed by atoms with van der Waals surface area (Å²) in [4.78, 5) is 8.85. The average molecular weight is 281 g/mol. The third kappa shape index (κ3) is 2.39. The lowest BCUT2D eigenvalue weighted by molar-refractivity contribution is 0.0643. The van der Waals surface area contributed by atoms with Crippen molar-refractivity contribution in [3.05, 3.63) is 10.6 Å². The summed E-state index contributed by atoms with van der Waals surface area (Å²) >= 11 is 1.88. The number of anilines is 1. The molecule has 1 atom stereocenters. The highest BCUT2D eigenvalue weighted by atomic mass is 32.1. The molecule has 0 amide bonds. The molecule has 1 aliphatic heterocycles. The number of aromatic nitrogens is 1. The van der Waals surface area contributed by atoms with Gasteiger partial charge in [0.15, 0.2) is 5.13 Å². The van der Waals surface area contributed by atoms with Gasteiger partial charge in [-0.25, -0.2) is 4.98 Å². The molecule has 1 N–H and O–H groups in total. The van der Waals surface area contributed by atoms with E-state index in [4.69, 9.17) is 9.72 Å². The number of nitrogens with zero attached hydrogens (tertiary/aromatic N) is 2. The molecule has 1 aliphatic carbocycles. The first-order valence-corrected chi connectivity index (χ1v) is 7.96. The molecule has 19 heavy (non-hydrogen) atoms. The molecule has 0 saturated carbocycles. The number of ether oxygens (including phenoxy) is 1. The number of thiazole rings is 1. The standard InChI is InChI=1S/C14H23N3OS/c1-14(2)9-18-8-7-17(14)13-16-12-10(15-3)5-4-6-11(12)19-13/h10,15H,4-9H2,1-3H3. The minimum Gasteiger partial charge on any atom is -0.377 e. The normalized spacial score (nSPS) is 26.3. The van der Waals surface area contributed by atoms with Crippen LogP contribution < -0.4 is 10.2 Å². The van der Waals surface area contributed by atoms with E-state index < -0.39 is 0 Å². The Hall–Kier alpha value is -0.650. The second kappa shape index (κ2) is 5.04. The molecule has 5 heteroatoms. The van der Waals surface area contributed by atoms with Crippen LogP contribution in [0.1, 0.15) is 43.3 Å². The van der Waals surface area contributed by atoms with Crippen molar-refractivity contribution >= 4 is 16.5 Å². The van der Waals surface area contributed by atoms with Gasteiger partial charge in [0.25, 0.3) is 0 Å². The molecule has 2 aliphatic rings. The summed E-state index contributed by atoms with van der Waals surface area (Å²) < 4.78 is 5.60. The van der Waals surface area contributed by atoms with Crippen LogP contribution in [-0.4, -0.2) is 37.3 Å². The molecule has 4 nitrogen and oxygen atoms in total. The molecule has 0 radical (unpaired) electrons. The second-order valence-electron chi connectivity index (χ2n) is 6.06. The van der Waals surface area contributed by atoms with Gasteiger partial charge in [0, 0.05) is 11.4 Å². The molecule has 0 aromatic carbocycles. The van der Waals surface area contributed by atoms with Gasteiger partial charge in [0.1, 0.15) is 0 Å². The quantitative estimate of drug-likeness (QED) is 0.903. The minimum atomic E-state index is 0.0494. The van der Waals surface area contributed by atoms with Crippen molar-refractivity contribution in [2.75, 3.05) is 31.7 Å². The zero-order valence-corrected chi connectivity index (χ0v) is 12.8. The fourth-order valence-electron chi connectivity index (χ4n) is 3.01. The van der Waals surface area contributed by atoms with Crippen molar-refractivity contribution in [3.8, 4) is 0 Å². The summed E-state index contributed by atoms with van der Waals surface area (Å²) in [6.45, 7) is 7.02. The van der Waals surface area contributed by atoms with E-state index >= 15 is 0 Å². The average Bonchev–Trinajstić information content (AvgIpc) is 2.81. The van der Waals surface area contributed by atoms with Crippen LogP contribution in [0, 0.1) is 0 Å². The van der Waals surface area contributed by atoms with Gasteiger partial charge in [-0.2, -0.15) is 0 Å². The Balaban J connectivity index is 1.91. The summed E-state index contributed by atoms with van der Waals surface area (Å²) in [6.07, 6.45) is 3.67. The molecule has 0 spiro atoms. The summed E-state index contributed by atoms with van der Waals surface area (Å²) in [6, 6.07) is 0.443. The van der Waals surface area contributed by atoms with Gasteiger partial charge in [0.05, 0.1) is 30.5 Å². The van der Waals surface area contributed by atoms with Crippen LogP contribution in [0.5, 0.6) is 0 Å². The predicted molar refractivity (Wildman–Crippen MR) is 79.1 cm³/mol. The van der Waals surface area contributed by atoms with Gasteiger partial charge in [0.2, 0.25) is 0 Å². The highest BCUT2D eigenvalue weighted by molar-refractivity contribution is 7.15. The first kappa shape index (κ1) is 13.3. The Labute approximate surface area is 119 Å². The molecule has 0 bridgehead atoms. The van der Waals surface area contributed by atoms with Crippen LogP contribution in [0.25, 0.3) is 0 Å². The highest BCUT2D eigenvalue weighted by Gasteiger charge is 2.34. The summed E-state index contributed by atoms with van der Waals surface area (Å²) in [5, 5.41) is 4.58. The maximum absolute atomic E-state index is 5.60. The van der Waals surface area contributed by atoms with Gasteiger partial charge in [-0.1, -0.05) is 0 Å². The maximum atomic E-state index is 5.60. The van der Waals surface area contributed by atoms with Gasteiger partial charge in [-0.05, 0) is 40.2 Å². The van der Waals surface area contributed by atoms with Crippen LogP contribution in [0.3, 0.4) is 0 Å². The Kier molecular flexibility index (Phi) is 3.53. The lowest BCUT2D eigenvalue weighted by atomic mass is 9.98. The number of hydrogen-bond donors (Lipinski definition) is 1. The summed E-state index contributed by atoms with van der Waals surface area (Å²) in [5.74, 6) is 0. The van der Waals surface area contributed by atoms with Gasteiger partial charge < -0.3 is 15.0 Å². The number of aryl methyl sites for hydroxylation is 1. The van der Waals surface area contributed by atoms with Crippen molar-refractivity contribution in [1.29, 1.82) is 0 Å². The fourth-order valence-corrected chi connectivity index (χ4v) is 4.37. The number of morpholine rings is 1. The van der Waals surface area contributed by atoms with E-state index in [9.17, 15) is 0 Å². The second-order valence-corrected chi connectivity index (χ2v) is 7.12. The zero-order chi connectivity index (χ0) is 13.5. The van der Waals surface area contributed by atoms with Crippen molar-refractivity contribution in [1.82, 2.24) is 10.3 Å². The molecule has 1 aromatic heterocycles. The first-order valence-electron chi connectivity index (χ1n) is 7.14. The SMILES string of the molecule is CNC1CCCc2sc(N3CCOCC3(C)C)nc21. The van der Waals surface area contributed by atoms with Gasteiger partial charge >= 0.3 is 0 Å². The third-order valence-electron chi connectivity index (χ3n) is 4.17. The van der Waals surface area contributed by atoms with Crippen molar-refractivity contribution in [3.63, 3.8) is 0 Å². The largest absolute Gasteiger partial charge is 0.377 e. The Morgan fingerprint density at radius 2 is 2.32 bits per heavy atom. The smallest absolute Gasteiger partial charge is 0.186 e. The third-order valence-corrected chi connectivity index (χ3v) is 5.32. The van der Waals surface area contributed by atoms with E-state index in [0.717, 1.165) is 19.8 Å². The number of fused-ring (bicyclic) bond motifs is 1. The van der Waals surface area contributed by atoms with E-state index in [2.05, 4.69) is 24.1 Å². The topological polar surface area (TPSA) is 37.4 Å². The molecule has 1 aromatic rings. The van der Waals surface area contributed by atoms with E-state index in [1.807, 2.05) is 18.4 Å². The molecule has 2 heterocycles. The predicted octanol–water partition coefficient (Wildman–Crippen LogP) is 2.36. The van der Waals surface area contributed by atoms with Crippen LogP contribution in [0.15, 0.2) is 0 Å². The summed E-state index contributed by atoms with van der Waals surface area (Å²) in [5.41, 5.74) is 1.34. The van der Waals surface area contributed by atoms with Gasteiger partial charge in [-0.3, -0.25) is 0 Å². The summed E-state index contributed by atoms with van der Waals surface area (Å²) in [7, 11) is 2.04. The van der Waals surface area contributed by atoms with Gasteiger partial charge in [-0.15, -0.1) is 11.3 Å². The zero-order valence-electron chi connectivity index (χ0n) is 12.0. The minimum absolute atomic E-state index is 0.0494.